The van der Waals surface area contributed by atoms with E-state index < -0.39 is 11.5 Å². The number of ether oxygens (including phenoxy) is 2. The molecule has 1 N–H and O–H groups in total. The normalized spacial score (nSPS) is 16.1. The van der Waals surface area contributed by atoms with Gasteiger partial charge in [-0.05, 0) is 91.6 Å². The van der Waals surface area contributed by atoms with Crippen LogP contribution in [0.4, 0.5) is 0 Å². The van der Waals surface area contributed by atoms with Crippen LogP contribution < -0.4 is 9.47 Å². The zero-order valence-electron chi connectivity index (χ0n) is 21.6. The zero-order valence-corrected chi connectivity index (χ0v) is 22.4. The first-order valence-electron chi connectivity index (χ1n) is 12.6. The van der Waals surface area contributed by atoms with Gasteiger partial charge in [-0.15, -0.1) is 0 Å². The lowest BCUT2D eigenvalue weighted by atomic mass is 9.83. The van der Waals surface area contributed by atoms with E-state index in [1.54, 1.807) is 54.8 Å². The quantitative estimate of drug-likeness (QED) is 0.267. The van der Waals surface area contributed by atoms with Crippen molar-refractivity contribution in [3.63, 3.8) is 0 Å². The topological polar surface area (TPSA) is 85.2 Å². The number of benzene rings is 3. The molecule has 0 saturated carbocycles. The van der Waals surface area contributed by atoms with Crippen molar-refractivity contribution in [2.75, 3.05) is 6.61 Å². The number of halogens is 1. The lowest BCUT2D eigenvalue weighted by Gasteiger charge is -2.25. The fourth-order valence-electron chi connectivity index (χ4n) is 4.37. The van der Waals surface area contributed by atoms with Crippen molar-refractivity contribution in [1.29, 1.82) is 0 Å². The molecule has 38 heavy (non-hydrogen) atoms. The third-order valence-electron chi connectivity index (χ3n) is 6.14. The molecule has 1 aliphatic heterocycles. The maximum Gasteiger partial charge on any atom is 0.335 e. The number of ketones is 1. The number of rotatable bonds is 11. The number of carbonyl (C=O) groups excluding carboxylic acids is 1. The SMILES string of the molecule is CCCOc1ccc(-c2cccc(C(=O)O)c2)cc1CC1(C(=O)c2ccc(OC(C)C)cc2Cl)C=CC=N1. The standard InChI is InChI=1S/C31H30ClNO5/c1-4-15-37-28-12-9-22(21-7-5-8-23(16-21)30(35)36)17-24(28)19-31(13-6-14-33-31)29(34)26-11-10-25(18-27(26)32)38-20(2)3/h5-14,16-18,20H,4,15,19H2,1-3H3,(H,35,36). The van der Waals surface area contributed by atoms with Gasteiger partial charge < -0.3 is 14.6 Å². The molecule has 196 valence electrons. The molecule has 0 bridgehead atoms. The molecule has 0 radical (unpaired) electrons. The van der Waals surface area contributed by atoms with Gasteiger partial charge in [0.2, 0.25) is 0 Å². The molecule has 3 aromatic carbocycles. The van der Waals surface area contributed by atoms with Crippen LogP contribution in [-0.4, -0.2) is 41.3 Å². The molecule has 0 amide bonds. The van der Waals surface area contributed by atoms with Crippen molar-refractivity contribution in [3.8, 4) is 22.6 Å². The minimum Gasteiger partial charge on any atom is -0.493 e. The summed E-state index contributed by atoms with van der Waals surface area (Å²) in [4.78, 5) is 30.0. The number of hydrogen-bond donors (Lipinski definition) is 1. The van der Waals surface area contributed by atoms with Gasteiger partial charge in [-0.3, -0.25) is 9.79 Å². The van der Waals surface area contributed by atoms with E-state index in [2.05, 4.69) is 4.99 Å². The van der Waals surface area contributed by atoms with Gasteiger partial charge in [-0.2, -0.15) is 0 Å². The highest BCUT2D eigenvalue weighted by Gasteiger charge is 2.39. The number of allylic oxidation sites excluding steroid dienone is 1. The van der Waals surface area contributed by atoms with Crippen molar-refractivity contribution in [2.24, 2.45) is 4.99 Å². The Kier molecular flexibility index (Phi) is 8.32. The summed E-state index contributed by atoms with van der Waals surface area (Å²) in [5.74, 6) is 0.0158. The largest absolute Gasteiger partial charge is 0.493 e. The number of nitrogens with zero attached hydrogens (tertiary/aromatic N) is 1. The highest BCUT2D eigenvalue weighted by molar-refractivity contribution is 6.34. The fourth-order valence-corrected chi connectivity index (χ4v) is 4.63. The molecular weight excluding hydrogens is 502 g/mol. The molecule has 0 spiro atoms. The zero-order chi connectivity index (χ0) is 27.3. The molecule has 0 aliphatic carbocycles. The Morgan fingerprint density at radius 2 is 1.84 bits per heavy atom. The summed E-state index contributed by atoms with van der Waals surface area (Å²) in [6, 6.07) is 17.5. The van der Waals surface area contributed by atoms with Crippen molar-refractivity contribution < 1.29 is 24.2 Å². The van der Waals surface area contributed by atoms with Crippen LogP contribution in [0.5, 0.6) is 11.5 Å². The first-order chi connectivity index (χ1) is 18.2. The highest BCUT2D eigenvalue weighted by atomic mass is 35.5. The van der Waals surface area contributed by atoms with Crippen LogP contribution in [-0.2, 0) is 6.42 Å². The van der Waals surface area contributed by atoms with Crippen molar-refractivity contribution in [2.45, 2.75) is 45.3 Å². The van der Waals surface area contributed by atoms with Crippen LogP contribution in [0.3, 0.4) is 0 Å². The van der Waals surface area contributed by atoms with Crippen LogP contribution in [0.25, 0.3) is 11.1 Å². The highest BCUT2D eigenvalue weighted by Crippen LogP contribution is 2.36. The molecule has 0 aromatic heterocycles. The number of aromatic carboxylic acids is 1. The maximum absolute atomic E-state index is 13.9. The first kappa shape index (κ1) is 27.1. The molecule has 6 nitrogen and oxygen atoms in total. The van der Waals surface area contributed by atoms with Crippen molar-refractivity contribution in [3.05, 3.63) is 94.5 Å². The van der Waals surface area contributed by atoms with E-state index in [4.69, 9.17) is 21.1 Å². The minimum absolute atomic E-state index is 0.0219. The van der Waals surface area contributed by atoms with Crippen molar-refractivity contribution >= 4 is 29.6 Å². The molecule has 1 aliphatic rings. The van der Waals surface area contributed by atoms with Crippen LogP contribution in [0.1, 0.15) is 53.5 Å². The summed E-state index contributed by atoms with van der Waals surface area (Å²) in [5, 5.41) is 9.72. The number of aliphatic imine (C=N–C) groups is 1. The van der Waals surface area contributed by atoms with Gasteiger partial charge in [0, 0.05) is 18.2 Å². The second-order valence-electron chi connectivity index (χ2n) is 9.43. The Morgan fingerprint density at radius 1 is 1.05 bits per heavy atom. The number of carbonyl (C=O) groups is 2. The summed E-state index contributed by atoms with van der Waals surface area (Å²) < 4.78 is 11.7. The number of hydrogen-bond acceptors (Lipinski definition) is 5. The van der Waals surface area contributed by atoms with E-state index in [0.29, 0.717) is 28.7 Å². The van der Waals surface area contributed by atoms with Gasteiger partial charge in [0.15, 0.2) is 5.78 Å². The lowest BCUT2D eigenvalue weighted by Crippen LogP contribution is -2.36. The average molecular weight is 532 g/mol. The average Bonchev–Trinajstić information content (AvgIpc) is 3.37. The Bertz CT molecular complexity index is 1400. The summed E-state index contributed by atoms with van der Waals surface area (Å²) >= 11 is 6.55. The third-order valence-corrected chi connectivity index (χ3v) is 6.45. The van der Waals surface area contributed by atoms with Gasteiger partial charge in [0.25, 0.3) is 0 Å². The molecule has 1 unspecified atom stereocenters. The smallest absolute Gasteiger partial charge is 0.335 e. The molecule has 0 saturated heterocycles. The van der Waals surface area contributed by atoms with Gasteiger partial charge in [-0.25, -0.2) is 4.79 Å². The van der Waals surface area contributed by atoms with Crippen molar-refractivity contribution in [1.82, 2.24) is 0 Å². The Balaban J connectivity index is 1.73. The molecule has 3 aromatic rings. The predicted octanol–water partition coefficient (Wildman–Crippen LogP) is 7.09. The molecule has 1 atom stereocenters. The number of Topliss-reactive ketones (excluding diaryl/α,β-unsaturated/α-hetero) is 1. The van der Waals surface area contributed by atoms with E-state index in [1.807, 2.05) is 45.0 Å². The predicted molar refractivity (Wildman–Crippen MR) is 150 cm³/mol. The Hall–Kier alpha value is -3.90. The molecular formula is C31H30ClNO5. The minimum atomic E-state index is -1.20. The Morgan fingerprint density at radius 3 is 2.50 bits per heavy atom. The maximum atomic E-state index is 13.9. The summed E-state index contributed by atoms with van der Waals surface area (Å²) in [5.41, 5.74) is 1.70. The van der Waals surface area contributed by atoms with Crippen LogP contribution >= 0.6 is 11.6 Å². The number of carboxylic acids is 1. The van der Waals surface area contributed by atoms with Crippen LogP contribution in [0, 0.1) is 0 Å². The molecule has 1 heterocycles. The molecule has 4 rings (SSSR count). The van der Waals surface area contributed by atoms with Gasteiger partial charge in [0.05, 0.1) is 23.3 Å². The molecule has 0 fully saturated rings. The van der Waals surface area contributed by atoms with Gasteiger partial charge in [-0.1, -0.05) is 36.7 Å². The van der Waals surface area contributed by atoms with Gasteiger partial charge >= 0.3 is 5.97 Å². The lowest BCUT2D eigenvalue weighted by molar-refractivity contribution is 0.0696. The fraction of sp³-hybridized carbons (Fsp3) is 0.258. The van der Waals surface area contributed by atoms with Crippen LogP contribution in [0.2, 0.25) is 5.02 Å². The second kappa shape index (κ2) is 11.7. The number of carboxylic acid groups (broad SMARTS) is 1. The summed E-state index contributed by atoms with van der Waals surface area (Å²) in [6.45, 7) is 6.38. The van der Waals surface area contributed by atoms with Gasteiger partial charge in [0.1, 0.15) is 17.0 Å². The van der Waals surface area contributed by atoms with E-state index in [9.17, 15) is 14.7 Å². The molecule has 7 heteroatoms. The Labute approximate surface area is 227 Å². The van der Waals surface area contributed by atoms with Crippen LogP contribution in [0.15, 0.2) is 77.8 Å². The van der Waals surface area contributed by atoms with E-state index in [1.165, 1.54) is 0 Å². The van der Waals surface area contributed by atoms with E-state index >= 15 is 0 Å². The van der Waals surface area contributed by atoms with E-state index in [-0.39, 0.29) is 23.9 Å². The van der Waals surface area contributed by atoms with E-state index in [0.717, 1.165) is 23.1 Å². The summed E-state index contributed by atoms with van der Waals surface area (Å²) in [7, 11) is 0. The summed E-state index contributed by atoms with van der Waals surface area (Å²) in [6.07, 6.45) is 6.20. The third kappa shape index (κ3) is 5.97. The first-order valence-corrected chi connectivity index (χ1v) is 12.9. The monoisotopic (exact) mass is 531 g/mol. The second-order valence-corrected chi connectivity index (χ2v) is 9.84.